The molecule has 0 unspecified atom stereocenters. The third-order valence-corrected chi connectivity index (χ3v) is 10.3. The monoisotopic (exact) mass is 750 g/mol. The Morgan fingerprint density at radius 1 is 0.620 bits per heavy atom. The lowest BCUT2D eigenvalue weighted by Crippen LogP contribution is -2.39. The topological polar surface area (TPSA) is 78.4 Å². The van der Waals surface area contributed by atoms with Crippen molar-refractivity contribution in [3.8, 4) is 0 Å². The molecule has 260 valence electrons. The molecule has 0 saturated carbocycles. The quantitative estimate of drug-likeness (QED) is 0.132. The van der Waals surface area contributed by atoms with E-state index in [9.17, 15) is 9.59 Å². The number of carbonyl (C=O) groups excluding carboxylic acids is 2. The zero-order valence-electron chi connectivity index (χ0n) is 27.8. The Morgan fingerprint density at radius 2 is 0.980 bits per heavy atom. The van der Waals surface area contributed by atoms with Gasteiger partial charge in [0.15, 0.2) is 0 Å². The fourth-order valence-electron chi connectivity index (χ4n) is 6.75. The molecule has 2 saturated heterocycles. The van der Waals surface area contributed by atoms with Gasteiger partial charge in [-0.05, 0) is 98.2 Å². The summed E-state index contributed by atoms with van der Waals surface area (Å²) in [5.41, 5.74) is 2.49. The number of halogens is 4. The normalized spacial score (nSPS) is 26.1. The summed E-state index contributed by atoms with van der Waals surface area (Å²) in [4.78, 5) is 33.7. The number of rotatable bonds is 8. The largest absolute Gasteiger partial charge is 0.456 e. The van der Waals surface area contributed by atoms with Crippen LogP contribution < -0.4 is 0 Å². The number of nitrogens with zero attached hydrogens (tertiary/aromatic N) is 2. The number of pyridine rings is 2. The number of benzene rings is 2. The van der Waals surface area contributed by atoms with Crippen LogP contribution in [0, 0.1) is 10.8 Å². The third-order valence-electron chi connectivity index (χ3n) is 9.42. The molecule has 0 spiro atoms. The van der Waals surface area contributed by atoms with Crippen LogP contribution in [0.4, 0.5) is 0 Å². The SMILES string of the molecule is C=CC[C@@]1(C)C[C@H](c2cncc(Cl)c2)[C@H](c2ccc(Cl)cc2)OC1=O.C=CC[C@]1(C)C[C@@H](c2cncc(Cl)c2)[C@@H](c2ccc(Cl)cc2)OC1=O. The maximum Gasteiger partial charge on any atom is 0.312 e. The number of aromatic nitrogens is 2. The molecule has 50 heavy (non-hydrogen) atoms. The second-order valence-electron chi connectivity index (χ2n) is 13.4. The highest BCUT2D eigenvalue weighted by molar-refractivity contribution is 6.31. The summed E-state index contributed by atoms with van der Waals surface area (Å²) in [5, 5.41) is 2.41. The molecule has 6 atom stereocenters. The number of ether oxygens (including phenoxy) is 2. The smallest absolute Gasteiger partial charge is 0.312 e. The van der Waals surface area contributed by atoms with Crippen LogP contribution in [-0.4, -0.2) is 21.9 Å². The molecule has 10 heteroatoms. The third kappa shape index (κ3) is 8.60. The van der Waals surface area contributed by atoms with E-state index in [0.717, 1.165) is 22.3 Å². The van der Waals surface area contributed by atoms with Crippen LogP contribution in [0.2, 0.25) is 20.1 Å². The van der Waals surface area contributed by atoms with Crippen molar-refractivity contribution in [3.63, 3.8) is 0 Å². The summed E-state index contributed by atoms with van der Waals surface area (Å²) in [7, 11) is 0. The molecule has 0 bridgehead atoms. The molecule has 6 rings (SSSR count). The first-order valence-electron chi connectivity index (χ1n) is 16.2. The second-order valence-corrected chi connectivity index (χ2v) is 15.1. The molecule has 4 heterocycles. The van der Waals surface area contributed by atoms with Crippen molar-refractivity contribution in [2.24, 2.45) is 10.8 Å². The summed E-state index contributed by atoms with van der Waals surface area (Å²) in [6.45, 7) is 11.4. The van der Waals surface area contributed by atoms with Crippen molar-refractivity contribution >= 4 is 58.3 Å². The molecule has 0 aliphatic carbocycles. The van der Waals surface area contributed by atoms with Crippen molar-refractivity contribution in [1.29, 1.82) is 0 Å². The summed E-state index contributed by atoms with van der Waals surface area (Å²) < 4.78 is 11.8. The number of hydrogen-bond acceptors (Lipinski definition) is 6. The highest BCUT2D eigenvalue weighted by Crippen LogP contribution is 2.51. The predicted molar refractivity (Wildman–Crippen MR) is 200 cm³/mol. The van der Waals surface area contributed by atoms with Gasteiger partial charge in [0.25, 0.3) is 0 Å². The number of esters is 2. The van der Waals surface area contributed by atoms with Crippen LogP contribution in [-0.2, 0) is 19.1 Å². The van der Waals surface area contributed by atoms with E-state index in [1.54, 1.807) is 61.2 Å². The number of allylic oxidation sites excluding steroid dienone is 2. The van der Waals surface area contributed by atoms with Gasteiger partial charge < -0.3 is 9.47 Å². The highest BCUT2D eigenvalue weighted by Gasteiger charge is 2.47. The fourth-order valence-corrected chi connectivity index (χ4v) is 7.37. The van der Waals surface area contributed by atoms with Gasteiger partial charge in [0.2, 0.25) is 0 Å². The van der Waals surface area contributed by atoms with Crippen LogP contribution in [0.25, 0.3) is 0 Å². The lowest BCUT2D eigenvalue weighted by molar-refractivity contribution is -0.172. The average Bonchev–Trinajstić information content (AvgIpc) is 3.08. The van der Waals surface area contributed by atoms with Crippen LogP contribution in [0.1, 0.15) is 85.8 Å². The molecule has 2 fully saturated rings. The number of hydrogen-bond donors (Lipinski definition) is 0. The van der Waals surface area contributed by atoms with Gasteiger partial charge in [-0.15, -0.1) is 13.2 Å². The van der Waals surface area contributed by atoms with Crippen LogP contribution in [0.5, 0.6) is 0 Å². The second kappa shape index (κ2) is 16.1. The minimum Gasteiger partial charge on any atom is -0.456 e. The average molecular weight is 753 g/mol. The highest BCUT2D eigenvalue weighted by atomic mass is 35.5. The Hall–Kier alpha value is -3.68. The van der Waals surface area contributed by atoms with E-state index in [2.05, 4.69) is 23.1 Å². The van der Waals surface area contributed by atoms with Crippen molar-refractivity contribution < 1.29 is 19.1 Å². The van der Waals surface area contributed by atoms with Crippen LogP contribution in [0.15, 0.2) is 111 Å². The molecule has 0 N–H and O–H groups in total. The van der Waals surface area contributed by atoms with Crippen molar-refractivity contribution in [2.45, 2.75) is 63.6 Å². The number of carbonyl (C=O) groups is 2. The van der Waals surface area contributed by atoms with Gasteiger partial charge in [-0.1, -0.05) is 82.8 Å². The minimum atomic E-state index is -0.613. The lowest BCUT2D eigenvalue weighted by atomic mass is 9.71. The number of cyclic esters (lactones) is 2. The maximum absolute atomic E-state index is 12.7. The molecule has 4 aromatic rings. The van der Waals surface area contributed by atoms with Crippen molar-refractivity contribution in [1.82, 2.24) is 9.97 Å². The lowest BCUT2D eigenvalue weighted by Gasteiger charge is -2.41. The van der Waals surface area contributed by atoms with Gasteiger partial charge >= 0.3 is 11.9 Å². The fraction of sp³-hybridized carbons (Fsp3) is 0.300. The Kier molecular flexibility index (Phi) is 12.1. The van der Waals surface area contributed by atoms with E-state index < -0.39 is 23.0 Å². The summed E-state index contributed by atoms with van der Waals surface area (Å²) in [5.74, 6) is -0.512. The Labute approximate surface area is 313 Å². The Balaban J connectivity index is 0.000000194. The molecular formula is C40H38Cl4N2O4. The van der Waals surface area contributed by atoms with E-state index >= 15 is 0 Å². The van der Waals surface area contributed by atoms with Gasteiger partial charge in [-0.2, -0.15) is 0 Å². The molecule has 0 amide bonds. The molecule has 2 aliphatic heterocycles. The van der Waals surface area contributed by atoms with Gasteiger partial charge in [0, 0.05) is 46.7 Å². The summed E-state index contributed by atoms with van der Waals surface area (Å²) in [6.07, 6.45) is 11.9. The van der Waals surface area contributed by atoms with Crippen LogP contribution >= 0.6 is 46.4 Å². The Bertz CT molecular complexity index is 1720. The van der Waals surface area contributed by atoms with E-state index in [1.807, 2.05) is 50.2 Å². The Morgan fingerprint density at radius 3 is 1.30 bits per heavy atom. The van der Waals surface area contributed by atoms with Gasteiger partial charge in [-0.3, -0.25) is 19.6 Å². The van der Waals surface area contributed by atoms with Gasteiger partial charge in [0.05, 0.1) is 20.9 Å². The summed E-state index contributed by atoms with van der Waals surface area (Å²) in [6, 6.07) is 18.5. The van der Waals surface area contributed by atoms with Crippen LogP contribution in [0.3, 0.4) is 0 Å². The molecule has 2 aliphatic rings. The van der Waals surface area contributed by atoms with Crippen molar-refractivity contribution in [3.05, 3.63) is 153 Å². The first-order chi connectivity index (χ1) is 23.9. The van der Waals surface area contributed by atoms with E-state index in [4.69, 9.17) is 55.9 Å². The molecule has 6 nitrogen and oxygen atoms in total. The first-order valence-corrected chi connectivity index (χ1v) is 17.7. The molecular weight excluding hydrogens is 714 g/mol. The minimum absolute atomic E-state index is 0.0463. The molecule has 0 radical (unpaired) electrons. The summed E-state index contributed by atoms with van der Waals surface area (Å²) >= 11 is 24.3. The van der Waals surface area contributed by atoms with Gasteiger partial charge in [-0.25, -0.2) is 0 Å². The van der Waals surface area contributed by atoms with E-state index in [0.29, 0.717) is 45.8 Å². The maximum atomic E-state index is 12.7. The first kappa shape index (κ1) is 37.6. The zero-order valence-corrected chi connectivity index (χ0v) is 30.9. The van der Waals surface area contributed by atoms with Gasteiger partial charge in [0.1, 0.15) is 12.2 Å². The zero-order chi connectivity index (χ0) is 36.1. The van der Waals surface area contributed by atoms with E-state index in [-0.39, 0.29) is 23.8 Å². The molecule has 2 aromatic carbocycles. The molecule has 2 aromatic heterocycles. The van der Waals surface area contributed by atoms with E-state index in [1.165, 1.54) is 0 Å². The van der Waals surface area contributed by atoms with Crippen molar-refractivity contribution in [2.75, 3.05) is 0 Å². The predicted octanol–water partition coefficient (Wildman–Crippen LogP) is 11.5. The standard InChI is InChI=1S/2C20H19Cl2NO2/c2*1-3-8-20(2)10-17(14-9-16(22)12-23-11-14)18(25-19(20)24)13-4-6-15(21)7-5-13/h2*3-7,9,11-12,17-18H,1,8,10H2,2H3/t2*17-,18+,20+/m10/s1.